The molecule has 0 fully saturated rings. The third kappa shape index (κ3) is 5.79. The molecule has 14 aromatic carbocycles. The van der Waals surface area contributed by atoms with Gasteiger partial charge in [0.1, 0.15) is 0 Å². The van der Waals surface area contributed by atoms with Crippen molar-refractivity contribution in [2.75, 3.05) is 0 Å². The molecule has 0 atom stereocenters. The van der Waals surface area contributed by atoms with E-state index in [2.05, 4.69) is 243 Å². The van der Waals surface area contributed by atoms with Gasteiger partial charge < -0.3 is 0 Å². The van der Waals surface area contributed by atoms with E-state index in [4.69, 9.17) is 0 Å². The summed E-state index contributed by atoms with van der Waals surface area (Å²) in [5.74, 6) is 0. The Labute approximate surface area is 383 Å². The molecule has 0 saturated carbocycles. The van der Waals surface area contributed by atoms with E-state index in [1.165, 1.54) is 142 Å². The molecule has 0 aliphatic rings. The van der Waals surface area contributed by atoms with Gasteiger partial charge >= 0.3 is 0 Å². The fraction of sp³-hybridized carbons (Fsp3) is 0. The molecule has 0 saturated heterocycles. The van der Waals surface area contributed by atoms with E-state index in [0.29, 0.717) is 0 Å². The smallest absolute Gasteiger partial charge is 0.00203 e. The predicted octanol–water partition coefficient (Wildman–Crippen LogP) is 18.6. The third-order valence-electron chi connectivity index (χ3n) is 14.4. The second-order valence-corrected chi connectivity index (χ2v) is 18.0. The maximum atomic E-state index is 2.35. The fourth-order valence-corrected chi connectivity index (χ4v) is 11.1. The maximum Gasteiger partial charge on any atom is -0.00203 e. The Kier molecular flexibility index (Phi) is 8.08. The highest BCUT2D eigenvalue weighted by Crippen LogP contribution is 2.44. The fourth-order valence-electron chi connectivity index (χ4n) is 11.1. The van der Waals surface area contributed by atoms with Crippen molar-refractivity contribution in [1.82, 2.24) is 0 Å². The molecular weight excluding hydrogens is 793 g/mol. The lowest BCUT2D eigenvalue weighted by atomic mass is 9.86. The average Bonchev–Trinajstić information content (AvgIpc) is 3.39. The van der Waals surface area contributed by atoms with E-state index in [0.717, 1.165) is 0 Å². The molecule has 66 heavy (non-hydrogen) atoms. The Morgan fingerprint density at radius 2 is 0.470 bits per heavy atom. The highest BCUT2D eigenvalue weighted by Gasteiger charge is 2.17. The van der Waals surface area contributed by atoms with Crippen LogP contribution in [-0.2, 0) is 0 Å². The van der Waals surface area contributed by atoms with Crippen LogP contribution in [-0.4, -0.2) is 0 Å². The molecule has 0 aliphatic heterocycles. The number of hydrogen-bond acceptors (Lipinski definition) is 0. The van der Waals surface area contributed by atoms with Gasteiger partial charge in [0.05, 0.1) is 0 Å². The Bertz CT molecular complexity index is 4170. The Morgan fingerprint density at radius 3 is 1.02 bits per heavy atom. The molecule has 0 heteroatoms. The van der Waals surface area contributed by atoms with Crippen LogP contribution in [0.1, 0.15) is 0 Å². The van der Waals surface area contributed by atoms with Gasteiger partial charge in [0.15, 0.2) is 0 Å². The summed E-state index contributed by atoms with van der Waals surface area (Å²) in [6.07, 6.45) is 0. The standard InChI is InChI=1S/C66H40/c1-2-7-51-39-55(25-18-41(51)6-1)54-12-5-13-56(40-54)59-34-28-50-30-36-61-58(33-27-49-31-37-62(59)66(50)65(49)61)45-21-16-43(17-22-45)53-11-4-10-52(38-53)42-14-19-44(20-15-42)57-32-26-48-24-23-46-8-3-9-47-29-35-60(57)64(48)63(46)47/h1-40H. The zero-order valence-electron chi connectivity index (χ0n) is 36.1. The van der Waals surface area contributed by atoms with Crippen molar-refractivity contribution in [3.8, 4) is 66.8 Å². The van der Waals surface area contributed by atoms with Crippen LogP contribution in [0.3, 0.4) is 0 Å². The molecule has 304 valence electrons. The molecule has 0 aromatic heterocycles. The van der Waals surface area contributed by atoms with Gasteiger partial charge in [-0.25, -0.2) is 0 Å². The normalized spacial score (nSPS) is 11.9. The summed E-state index contributed by atoms with van der Waals surface area (Å²) in [5.41, 5.74) is 14.8. The van der Waals surface area contributed by atoms with Crippen molar-refractivity contribution in [3.05, 3.63) is 243 Å². The third-order valence-corrected chi connectivity index (χ3v) is 14.4. The van der Waals surface area contributed by atoms with Crippen LogP contribution >= 0.6 is 0 Å². The minimum atomic E-state index is 1.21. The van der Waals surface area contributed by atoms with Gasteiger partial charge in [0.25, 0.3) is 0 Å². The van der Waals surface area contributed by atoms with E-state index in [1.54, 1.807) is 0 Å². The van der Waals surface area contributed by atoms with Crippen molar-refractivity contribution in [1.29, 1.82) is 0 Å². The van der Waals surface area contributed by atoms with Gasteiger partial charge in [0, 0.05) is 0 Å². The SMILES string of the molecule is c1cc(-c2ccc(-c3ccc4ccc5cccc6ccc3c4c56)cc2)cc(-c2ccc(-c3ccc4ccc5c(-c6cccc(-c7ccc8ccccc8c7)c6)ccc6ccc3c4c65)cc2)c1. The topological polar surface area (TPSA) is 0 Å². The van der Waals surface area contributed by atoms with Crippen molar-refractivity contribution in [3.63, 3.8) is 0 Å². The van der Waals surface area contributed by atoms with Gasteiger partial charge in [-0.3, -0.25) is 0 Å². The first kappa shape index (κ1) is 36.9. The number of fused-ring (bicyclic) bond motifs is 1. The van der Waals surface area contributed by atoms with E-state index in [9.17, 15) is 0 Å². The molecule has 0 bridgehead atoms. The van der Waals surface area contributed by atoms with Crippen LogP contribution in [0.5, 0.6) is 0 Å². The van der Waals surface area contributed by atoms with Gasteiger partial charge in [0.2, 0.25) is 0 Å². The number of benzene rings is 14. The summed E-state index contributed by atoms with van der Waals surface area (Å²) in [4.78, 5) is 0. The second-order valence-electron chi connectivity index (χ2n) is 18.0. The maximum absolute atomic E-state index is 2.35. The largest absolute Gasteiger partial charge is 0.0616 e. The first-order valence-corrected chi connectivity index (χ1v) is 23.0. The van der Waals surface area contributed by atoms with Crippen molar-refractivity contribution >= 4 is 75.4 Å². The summed E-state index contributed by atoms with van der Waals surface area (Å²) in [6, 6.07) is 90.3. The molecule has 14 aromatic rings. The molecular formula is C66H40. The van der Waals surface area contributed by atoms with Gasteiger partial charge in [-0.15, -0.1) is 0 Å². The predicted molar refractivity (Wildman–Crippen MR) is 284 cm³/mol. The minimum absolute atomic E-state index is 1.21. The lowest BCUT2D eigenvalue weighted by Crippen LogP contribution is -1.90. The molecule has 0 spiro atoms. The van der Waals surface area contributed by atoms with Gasteiger partial charge in [-0.2, -0.15) is 0 Å². The van der Waals surface area contributed by atoms with E-state index in [1.807, 2.05) is 0 Å². The van der Waals surface area contributed by atoms with Gasteiger partial charge in [-0.05, 0) is 160 Å². The lowest BCUT2D eigenvalue weighted by molar-refractivity contribution is 1.58. The molecule has 0 unspecified atom stereocenters. The van der Waals surface area contributed by atoms with Crippen LogP contribution < -0.4 is 0 Å². The van der Waals surface area contributed by atoms with Crippen molar-refractivity contribution in [2.45, 2.75) is 0 Å². The second kappa shape index (κ2) is 14.5. The van der Waals surface area contributed by atoms with Crippen LogP contribution in [0.4, 0.5) is 0 Å². The van der Waals surface area contributed by atoms with Crippen LogP contribution in [0, 0.1) is 0 Å². The van der Waals surface area contributed by atoms with E-state index < -0.39 is 0 Å². The van der Waals surface area contributed by atoms with Crippen LogP contribution in [0.25, 0.3) is 142 Å². The summed E-state index contributed by atoms with van der Waals surface area (Å²) < 4.78 is 0. The minimum Gasteiger partial charge on any atom is -0.0616 e. The molecule has 0 aliphatic carbocycles. The summed E-state index contributed by atoms with van der Waals surface area (Å²) in [5, 5.41) is 18.2. The highest BCUT2D eigenvalue weighted by atomic mass is 14.2. The van der Waals surface area contributed by atoms with Crippen LogP contribution in [0.15, 0.2) is 243 Å². The molecule has 0 radical (unpaired) electrons. The molecule has 0 nitrogen and oxygen atoms in total. The summed E-state index contributed by atoms with van der Waals surface area (Å²) in [6.45, 7) is 0. The zero-order valence-corrected chi connectivity index (χ0v) is 36.1. The number of hydrogen-bond donors (Lipinski definition) is 0. The van der Waals surface area contributed by atoms with Crippen LogP contribution in [0.2, 0.25) is 0 Å². The van der Waals surface area contributed by atoms with E-state index >= 15 is 0 Å². The first-order valence-electron chi connectivity index (χ1n) is 23.0. The zero-order chi connectivity index (χ0) is 43.3. The van der Waals surface area contributed by atoms with Crippen molar-refractivity contribution < 1.29 is 0 Å². The Morgan fingerprint density at radius 1 is 0.152 bits per heavy atom. The lowest BCUT2D eigenvalue weighted by Gasteiger charge is -2.17. The van der Waals surface area contributed by atoms with E-state index in [-0.39, 0.29) is 0 Å². The van der Waals surface area contributed by atoms with Crippen molar-refractivity contribution in [2.24, 2.45) is 0 Å². The Balaban J connectivity index is 0.780. The summed E-state index contributed by atoms with van der Waals surface area (Å²) >= 11 is 0. The molecule has 0 N–H and O–H groups in total. The molecule has 14 rings (SSSR count). The monoisotopic (exact) mass is 832 g/mol. The average molecular weight is 833 g/mol. The quantitative estimate of drug-likeness (QED) is 0.146. The molecule has 0 heterocycles. The molecule has 0 amide bonds. The van der Waals surface area contributed by atoms with Gasteiger partial charge in [-0.1, -0.05) is 224 Å². The number of rotatable bonds is 6. The Hall–Kier alpha value is -8.58. The summed E-state index contributed by atoms with van der Waals surface area (Å²) in [7, 11) is 0. The highest BCUT2D eigenvalue weighted by molar-refractivity contribution is 6.28. The first-order chi connectivity index (χ1) is 32.7.